The maximum Gasteiger partial charge on any atom is 0.434 e. The van der Waals surface area contributed by atoms with Gasteiger partial charge in [0, 0.05) is 14.2 Å². The summed E-state index contributed by atoms with van der Waals surface area (Å²) in [5.74, 6) is -0.778. The van der Waals surface area contributed by atoms with Crippen molar-refractivity contribution in [3.05, 3.63) is 87.1 Å². The maximum absolute atomic E-state index is 14.3. The first kappa shape index (κ1) is 29.6. The number of ether oxygens (including phenoxy) is 3. The van der Waals surface area contributed by atoms with E-state index in [0.717, 1.165) is 4.57 Å². The number of carbonyl (C=O) groups excluding carboxylic acids is 1. The number of thiazole rings is 1. The van der Waals surface area contributed by atoms with Crippen LogP contribution in [0, 0.1) is 14.9 Å². The first-order valence-corrected chi connectivity index (χ1v) is 13.7. The third-order valence-electron chi connectivity index (χ3n) is 5.62. The number of nitriles is 1. The van der Waals surface area contributed by atoms with Crippen molar-refractivity contribution in [2.45, 2.75) is 19.1 Å². The molecule has 0 spiro atoms. The largest absolute Gasteiger partial charge is 0.493 e. The number of esters is 1. The lowest BCUT2D eigenvalue weighted by molar-refractivity contribution is -0.140. The highest BCUT2D eigenvalue weighted by Crippen LogP contribution is 2.39. The Bertz CT molecular complexity index is 1730. The predicted octanol–water partition coefficient (Wildman–Crippen LogP) is 4.51. The number of nitrogens with zero attached hydrogens (tertiary/aromatic N) is 3. The molecule has 2 aromatic carbocycles. The van der Waals surface area contributed by atoms with Gasteiger partial charge in [-0.3, -0.25) is 9.36 Å². The van der Waals surface area contributed by atoms with Gasteiger partial charge in [-0.05, 0) is 65.4 Å². The quantitative estimate of drug-likeness (QED) is 0.265. The van der Waals surface area contributed by atoms with Crippen LogP contribution in [0.4, 0.5) is 13.2 Å². The first-order chi connectivity index (χ1) is 19.0. The van der Waals surface area contributed by atoms with E-state index in [1.165, 1.54) is 44.4 Å². The molecule has 0 radical (unpaired) electrons. The second-order valence-corrected chi connectivity index (χ2v) is 10.8. The molecule has 0 fully saturated rings. The standard InChI is InChI=1S/C26H18ClF3IN3O5S/c1-3-38-24(36)19-20(13-4-6-15(27)7-5-13)34-23(35)18(40-25(34)33-22(19)26(28,29)30)11-14-10-16(31)12-17(37-2)21(14)39-9-8-32/h4-7,10-12,20H,3,9H2,1-2H3/b18-11-/t20-/m0/s1. The number of fused-ring (bicyclic) bond motifs is 1. The van der Waals surface area contributed by atoms with E-state index in [-0.39, 0.29) is 33.9 Å². The predicted molar refractivity (Wildman–Crippen MR) is 149 cm³/mol. The summed E-state index contributed by atoms with van der Waals surface area (Å²) >= 11 is 8.73. The maximum atomic E-state index is 14.3. The minimum atomic E-state index is -5.02. The zero-order valence-corrected chi connectivity index (χ0v) is 24.4. The summed E-state index contributed by atoms with van der Waals surface area (Å²) in [6.07, 6.45) is -3.61. The average molecular weight is 704 g/mol. The highest BCUT2D eigenvalue weighted by atomic mass is 127. The van der Waals surface area contributed by atoms with Crippen LogP contribution in [0.2, 0.25) is 5.02 Å². The second-order valence-electron chi connectivity index (χ2n) is 8.09. The molecular weight excluding hydrogens is 686 g/mol. The highest BCUT2D eigenvalue weighted by Gasteiger charge is 2.45. The third-order valence-corrected chi connectivity index (χ3v) is 7.47. The number of hydrogen-bond acceptors (Lipinski definition) is 8. The Morgan fingerprint density at radius 1 is 1.30 bits per heavy atom. The van der Waals surface area contributed by atoms with E-state index in [1.54, 1.807) is 12.1 Å². The van der Waals surface area contributed by atoms with Gasteiger partial charge in [0.05, 0.1) is 29.9 Å². The van der Waals surface area contributed by atoms with E-state index in [0.29, 0.717) is 31.2 Å². The molecule has 2 heterocycles. The molecule has 1 aromatic heterocycles. The molecule has 1 aliphatic rings. The van der Waals surface area contributed by atoms with Gasteiger partial charge in [-0.1, -0.05) is 35.1 Å². The lowest BCUT2D eigenvalue weighted by Crippen LogP contribution is -2.41. The Labute approximate surface area is 247 Å². The van der Waals surface area contributed by atoms with Gasteiger partial charge >= 0.3 is 12.1 Å². The molecule has 0 amide bonds. The molecule has 0 bridgehead atoms. The smallest absolute Gasteiger partial charge is 0.434 e. The second kappa shape index (κ2) is 12.0. The molecule has 4 rings (SSSR count). The van der Waals surface area contributed by atoms with Gasteiger partial charge in [0.2, 0.25) is 0 Å². The van der Waals surface area contributed by atoms with Crippen molar-refractivity contribution in [3.63, 3.8) is 0 Å². The number of rotatable bonds is 7. The molecule has 208 valence electrons. The fraction of sp³-hybridized carbons (Fsp3) is 0.231. The summed E-state index contributed by atoms with van der Waals surface area (Å²) < 4.78 is 60.4. The fourth-order valence-corrected chi connectivity index (χ4v) is 5.78. The number of aromatic nitrogens is 1. The molecule has 1 aliphatic heterocycles. The number of carbonyl (C=O) groups is 1. The van der Waals surface area contributed by atoms with E-state index < -0.39 is 35.0 Å². The highest BCUT2D eigenvalue weighted by molar-refractivity contribution is 14.1. The monoisotopic (exact) mass is 703 g/mol. The molecule has 40 heavy (non-hydrogen) atoms. The summed E-state index contributed by atoms with van der Waals surface area (Å²) in [4.78, 5) is 30.2. The molecule has 0 aliphatic carbocycles. The van der Waals surface area contributed by atoms with Crippen LogP contribution in [0.1, 0.15) is 24.1 Å². The number of methoxy groups -OCH3 is 1. The van der Waals surface area contributed by atoms with Crippen LogP contribution in [0.15, 0.2) is 57.5 Å². The van der Waals surface area contributed by atoms with E-state index in [9.17, 15) is 22.8 Å². The van der Waals surface area contributed by atoms with Crippen molar-refractivity contribution in [1.82, 2.24) is 4.57 Å². The molecule has 1 atom stereocenters. The van der Waals surface area contributed by atoms with Gasteiger partial charge in [0.15, 0.2) is 28.6 Å². The Kier molecular flexibility index (Phi) is 8.91. The number of allylic oxidation sites excluding steroid dienone is 1. The molecule has 0 unspecified atom stereocenters. The Morgan fingerprint density at radius 2 is 2.00 bits per heavy atom. The molecule has 0 saturated heterocycles. The zero-order valence-electron chi connectivity index (χ0n) is 20.7. The van der Waals surface area contributed by atoms with Gasteiger partial charge in [0.25, 0.3) is 5.56 Å². The first-order valence-electron chi connectivity index (χ1n) is 11.4. The number of halogens is 5. The molecule has 0 N–H and O–H groups in total. The molecule has 14 heteroatoms. The van der Waals surface area contributed by atoms with E-state index >= 15 is 0 Å². The van der Waals surface area contributed by atoms with E-state index in [2.05, 4.69) is 4.99 Å². The Hall–Kier alpha value is -3.35. The van der Waals surface area contributed by atoms with Gasteiger partial charge in [-0.25, -0.2) is 9.79 Å². The SMILES string of the molecule is CCOC(=O)C1=C(C(F)(F)F)N=c2s/c(=C\c3cc(I)cc(OC)c3OCC#N)c(=O)n2[C@H]1c1ccc(Cl)cc1. The minimum absolute atomic E-state index is 0.00945. The minimum Gasteiger partial charge on any atom is -0.493 e. The van der Waals surface area contributed by atoms with Gasteiger partial charge in [-0.2, -0.15) is 18.4 Å². The van der Waals surface area contributed by atoms with Crippen molar-refractivity contribution in [3.8, 4) is 17.6 Å². The lowest BCUT2D eigenvalue weighted by Gasteiger charge is -2.26. The van der Waals surface area contributed by atoms with Crippen LogP contribution < -0.4 is 24.4 Å². The summed E-state index contributed by atoms with van der Waals surface area (Å²) in [5.41, 5.74) is -2.41. The van der Waals surface area contributed by atoms with Crippen molar-refractivity contribution in [2.24, 2.45) is 4.99 Å². The third kappa shape index (κ3) is 5.89. The summed E-state index contributed by atoms with van der Waals surface area (Å²) in [5, 5.41) is 9.31. The van der Waals surface area contributed by atoms with E-state index in [4.69, 9.17) is 31.1 Å². The van der Waals surface area contributed by atoms with Crippen LogP contribution in [-0.2, 0) is 9.53 Å². The topological polar surface area (TPSA) is 103 Å². The number of alkyl halides is 3. The van der Waals surface area contributed by atoms with Gasteiger partial charge in [0.1, 0.15) is 6.07 Å². The zero-order chi connectivity index (χ0) is 29.2. The van der Waals surface area contributed by atoms with Crippen LogP contribution in [-0.4, -0.2) is 37.0 Å². The molecular formula is C26H18ClF3IN3O5S. The molecule has 3 aromatic rings. The van der Waals surface area contributed by atoms with Crippen LogP contribution >= 0.6 is 45.5 Å². The molecule has 8 nitrogen and oxygen atoms in total. The summed E-state index contributed by atoms with van der Waals surface area (Å²) in [7, 11) is 1.41. The van der Waals surface area contributed by atoms with Crippen molar-refractivity contribution in [1.29, 1.82) is 5.26 Å². The average Bonchev–Trinajstić information content (AvgIpc) is 3.21. The summed E-state index contributed by atoms with van der Waals surface area (Å²) in [6, 6.07) is 9.44. The lowest BCUT2D eigenvalue weighted by atomic mass is 9.95. The summed E-state index contributed by atoms with van der Waals surface area (Å²) in [6.45, 7) is 0.957. The van der Waals surface area contributed by atoms with Crippen LogP contribution in [0.25, 0.3) is 6.08 Å². The normalized spacial score (nSPS) is 15.2. The van der Waals surface area contributed by atoms with Crippen molar-refractivity contribution in [2.75, 3.05) is 20.3 Å². The Balaban J connectivity index is 2.06. The molecule has 0 saturated carbocycles. The van der Waals surface area contributed by atoms with Crippen LogP contribution in [0.5, 0.6) is 11.5 Å². The van der Waals surface area contributed by atoms with Crippen molar-refractivity contribution < 1.29 is 32.2 Å². The van der Waals surface area contributed by atoms with Gasteiger partial charge < -0.3 is 14.2 Å². The Morgan fingerprint density at radius 3 is 2.60 bits per heavy atom. The fourth-order valence-electron chi connectivity index (χ4n) is 4.05. The van der Waals surface area contributed by atoms with Gasteiger partial charge in [-0.15, -0.1) is 0 Å². The van der Waals surface area contributed by atoms with E-state index in [1.807, 2.05) is 28.7 Å². The van der Waals surface area contributed by atoms with Crippen molar-refractivity contribution >= 4 is 57.6 Å². The van der Waals surface area contributed by atoms with Crippen LogP contribution in [0.3, 0.4) is 0 Å². The number of benzene rings is 2. The number of hydrogen-bond donors (Lipinski definition) is 0.